The normalized spacial score (nSPS) is 16.3. The fourth-order valence-corrected chi connectivity index (χ4v) is 3.92. The van der Waals surface area contributed by atoms with Crippen LogP contribution in [0.15, 0.2) is 60.9 Å². The zero-order valence-corrected chi connectivity index (χ0v) is 14.4. The molecule has 0 amide bonds. The average molecular weight is 347 g/mol. The van der Waals surface area contributed by atoms with Crippen molar-refractivity contribution in [1.82, 2.24) is 15.5 Å². The summed E-state index contributed by atoms with van der Waals surface area (Å²) < 4.78 is 0. The minimum absolute atomic E-state index is 0.0861. The molecule has 132 valence electrons. The summed E-state index contributed by atoms with van der Waals surface area (Å²) in [4.78, 5) is 11.2. The van der Waals surface area contributed by atoms with Crippen molar-refractivity contribution in [3.63, 3.8) is 0 Å². The van der Waals surface area contributed by atoms with Gasteiger partial charge in [-0.25, -0.2) is 4.79 Å². The van der Waals surface area contributed by atoms with E-state index >= 15 is 0 Å². The molecule has 1 aliphatic heterocycles. The summed E-state index contributed by atoms with van der Waals surface area (Å²) >= 11 is 0. The van der Waals surface area contributed by atoms with E-state index in [0.717, 1.165) is 37.1 Å². The first-order valence-corrected chi connectivity index (χ1v) is 8.83. The SMILES string of the molecule is O=C(O)c1ccc(C2(c3ccc(-c4cn[nH]c4)cc3)CCNCC2)cc1. The molecule has 2 heterocycles. The van der Waals surface area contributed by atoms with E-state index in [9.17, 15) is 9.90 Å². The molecule has 4 rings (SSSR count). The zero-order valence-electron chi connectivity index (χ0n) is 14.4. The number of aromatic carboxylic acids is 1. The molecule has 0 spiro atoms. The monoisotopic (exact) mass is 347 g/mol. The van der Waals surface area contributed by atoms with E-state index in [1.54, 1.807) is 12.1 Å². The molecule has 0 unspecified atom stereocenters. The third kappa shape index (κ3) is 2.91. The third-order valence-corrected chi connectivity index (χ3v) is 5.41. The highest BCUT2D eigenvalue weighted by atomic mass is 16.4. The Labute approximate surface area is 152 Å². The largest absolute Gasteiger partial charge is 0.478 e. The molecule has 26 heavy (non-hydrogen) atoms. The van der Waals surface area contributed by atoms with Crippen LogP contribution in [0, 0.1) is 0 Å². The van der Waals surface area contributed by atoms with Crippen LogP contribution < -0.4 is 5.32 Å². The molecule has 0 saturated carbocycles. The van der Waals surface area contributed by atoms with Gasteiger partial charge in [-0.1, -0.05) is 36.4 Å². The number of carboxylic acids is 1. The molecule has 1 aliphatic rings. The van der Waals surface area contributed by atoms with Crippen molar-refractivity contribution in [1.29, 1.82) is 0 Å². The highest BCUT2D eigenvalue weighted by Crippen LogP contribution is 2.40. The van der Waals surface area contributed by atoms with Gasteiger partial charge in [-0.05, 0) is 54.8 Å². The first kappa shape index (κ1) is 16.5. The summed E-state index contributed by atoms with van der Waals surface area (Å²) in [6.45, 7) is 1.90. The molecule has 0 atom stereocenters. The van der Waals surface area contributed by atoms with Crippen molar-refractivity contribution in [2.24, 2.45) is 0 Å². The second-order valence-corrected chi connectivity index (χ2v) is 6.78. The lowest BCUT2D eigenvalue weighted by atomic mass is 9.68. The predicted octanol–water partition coefficient (Wildman–Crippen LogP) is 3.44. The number of benzene rings is 2. The number of carbonyl (C=O) groups is 1. The number of hydrogen-bond acceptors (Lipinski definition) is 3. The Morgan fingerprint density at radius 3 is 2.08 bits per heavy atom. The predicted molar refractivity (Wildman–Crippen MR) is 100 cm³/mol. The van der Waals surface area contributed by atoms with Crippen molar-refractivity contribution in [3.05, 3.63) is 77.6 Å². The molecule has 1 saturated heterocycles. The molecule has 5 heteroatoms. The van der Waals surface area contributed by atoms with E-state index in [1.165, 1.54) is 11.1 Å². The van der Waals surface area contributed by atoms with Gasteiger partial charge in [-0.3, -0.25) is 5.10 Å². The van der Waals surface area contributed by atoms with Gasteiger partial charge in [0.15, 0.2) is 0 Å². The molecule has 2 aromatic carbocycles. The number of nitrogens with one attached hydrogen (secondary N) is 2. The number of hydrogen-bond donors (Lipinski definition) is 3. The first-order valence-electron chi connectivity index (χ1n) is 8.83. The number of H-pyrrole nitrogens is 1. The Balaban J connectivity index is 1.73. The van der Waals surface area contributed by atoms with Gasteiger partial charge in [-0.2, -0.15) is 5.10 Å². The highest BCUT2D eigenvalue weighted by molar-refractivity contribution is 5.87. The molecular formula is C21H21N3O2. The minimum atomic E-state index is -0.889. The zero-order chi connectivity index (χ0) is 18.0. The number of rotatable bonds is 4. The number of aromatic nitrogens is 2. The summed E-state index contributed by atoms with van der Waals surface area (Å²) in [5.41, 5.74) is 4.90. The molecule has 5 nitrogen and oxygen atoms in total. The average Bonchev–Trinajstić information content (AvgIpc) is 3.23. The molecule has 0 aliphatic carbocycles. The van der Waals surface area contributed by atoms with Crippen molar-refractivity contribution in [2.45, 2.75) is 18.3 Å². The fraction of sp³-hybridized carbons (Fsp3) is 0.238. The fourth-order valence-electron chi connectivity index (χ4n) is 3.92. The van der Waals surface area contributed by atoms with E-state index in [0.29, 0.717) is 5.56 Å². The highest BCUT2D eigenvalue weighted by Gasteiger charge is 2.35. The van der Waals surface area contributed by atoms with Crippen molar-refractivity contribution in [3.8, 4) is 11.1 Å². The van der Waals surface area contributed by atoms with Crippen LogP contribution in [-0.4, -0.2) is 34.4 Å². The molecular weight excluding hydrogens is 326 g/mol. The maximum Gasteiger partial charge on any atom is 0.335 e. The van der Waals surface area contributed by atoms with Crippen LogP contribution in [0.3, 0.4) is 0 Å². The minimum Gasteiger partial charge on any atom is -0.478 e. The Morgan fingerprint density at radius 1 is 0.923 bits per heavy atom. The van der Waals surface area contributed by atoms with Crippen LogP contribution in [0.5, 0.6) is 0 Å². The quantitative estimate of drug-likeness (QED) is 0.675. The van der Waals surface area contributed by atoms with Gasteiger partial charge in [0.25, 0.3) is 0 Å². The van der Waals surface area contributed by atoms with Crippen molar-refractivity contribution < 1.29 is 9.90 Å². The Morgan fingerprint density at radius 2 is 1.54 bits per heavy atom. The summed E-state index contributed by atoms with van der Waals surface area (Å²) in [5.74, 6) is -0.889. The lowest BCUT2D eigenvalue weighted by molar-refractivity contribution is 0.0697. The molecule has 1 aromatic heterocycles. The van der Waals surface area contributed by atoms with Gasteiger partial charge in [0, 0.05) is 17.2 Å². The van der Waals surface area contributed by atoms with E-state index in [4.69, 9.17) is 0 Å². The van der Waals surface area contributed by atoms with Gasteiger partial charge in [-0.15, -0.1) is 0 Å². The summed E-state index contributed by atoms with van der Waals surface area (Å²) in [6, 6.07) is 16.0. The molecule has 3 aromatic rings. The Kier molecular flexibility index (Phi) is 4.31. The van der Waals surface area contributed by atoms with Crippen LogP contribution in [0.1, 0.15) is 34.3 Å². The molecule has 0 radical (unpaired) electrons. The van der Waals surface area contributed by atoms with Gasteiger partial charge < -0.3 is 10.4 Å². The van der Waals surface area contributed by atoms with Crippen LogP contribution in [0.2, 0.25) is 0 Å². The van der Waals surface area contributed by atoms with Crippen LogP contribution in [0.4, 0.5) is 0 Å². The van der Waals surface area contributed by atoms with E-state index in [2.05, 4.69) is 39.8 Å². The number of carboxylic acid groups (broad SMARTS) is 1. The summed E-state index contributed by atoms with van der Waals surface area (Å²) in [6.07, 6.45) is 5.69. The maximum atomic E-state index is 11.2. The second kappa shape index (κ2) is 6.77. The van der Waals surface area contributed by atoms with Crippen LogP contribution in [-0.2, 0) is 5.41 Å². The van der Waals surface area contributed by atoms with Crippen LogP contribution in [0.25, 0.3) is 11.1 Å². The lowest BCUT2D eigenvalue weighted by Gasteiger charge is -2.39. The third-order valence-electron chi connectivity index (χ3n) is 5.41. The first-order chi connectivity index (χ1) is 12.7. The van der Waals surface area contributed by atoms with Crippen molar-refractivity contribution >= 4 is 5.97 Å². The molecule has 0 bridgehead atoms. The van der Waals surface area contributed by atoms with Gasteiger partial charge in [0.05, 0.1) is 11.8 Å². The summed E-state index contributed by atoms with van der Waals surface area (Å²) in [5, 5.41) is 19.5. The van der Waals surface area contributed by atoms with Gasteiger partial charge in [0.1, 0.15) is 0 Å². The van der Waals surface area contributed by atoms with E-state index < -0.39 is 5.97 Å². The number of aromatic amines is 1. The van der Waals surface area contributed by atoms with Crippen LogP contribution >= 0.6 is 0 Å². The number of nitrogens with zero attached hydrogens (tertiary/aromatic N) is 1. The van der Waals surface area contributed by atoms with Gasteiger partial charge in [0.2, 0.25) is 0 Å². The second-order valence-electron chi connectivity index (χ2n) is 6.78. The van der Waals surface area contributed by atoms with Gasteiger partial charge >= 0.3 is 5.97 Å². The van der Waals surface area contributed by atoms with Crippen molar-refractivity contribution in [2.75, 3.05) is 13.1 Å². The molecule has 3 N–H and O–H groups in total. The Bertz CT molecular complexity index is 878. The van der Waals surface area contributed by atoms with E-state index in [1.807, 2.05) is 24.5 Å². The smallest absolute Gasteiger partial charge is 0.335 e. The standard InChI is InChI=1S/C21H21N3O2/c25-20(26)16-3-7-19(8-4-16)21(9-11-22-12-10-21)18-5-1-15(2-6-18)17-13-23-24-14-17/h1-8,13-14,22H,9-12H2,(H,23,24)(H,25,26). The Hall–Kier alpha value is -2.92. The maximum absolute atomic E-state index is 11.2. The molecule has 1 fully saturated rings. The summed E-state index contributed by atoms with van der Waals surface area (Å²) in [7, 11) is 0. The number of piperidine rings is 1. The topological polar surface area (TPSA) is 78.0 Å². The lowest BCUT2D eigenvalue weighted by Crippen LogP contribution is -2.40. The van der Waals surface area contributed by atoms with E-state index in [-0.39, 0.29) is 5.41 Å².